The van der Waals surface area contributed by atoms with Gasteiger partial charge in [0.1, 0.15) is 11.6 Å². The highest BCUT2D eigenvalue weighted by Crippen LogP contribution is 2.23. The molecule has 6 nitrogen and oxygen atoms in total. The lowest BCUT2D eigenvalue weighted by Crippen LogP contribution is -2.13. The highest BCUT2D eigenvalue weighted by molar-refractivity contribution is 5.91. The van der Waals surface area contributed by atoms with Gasteiger partial charge in [-0.15, -0.1) is 0 Å². The Hall–Kier alpha value is -3.87. The Bertz CT molecular complexity index is 1200. The zero-order chi connectivity index (χ0) is 23.2. The summed E-state index contributed by atoms with van der Waals surface area (Å²) in [5.74, 6) is -0.0159. The van der Waals surface area contributed by atoms with E-state index in [2.05, 4.69) is 53.8 Å². The van der Waals surface area contributed by atoms with Gasteiger partial charge in [0.05, 0.1) is 18.1 Å². The highest BCUT2D eigenvalue weighted by Gasteiger charge is 2.10. The van der Waals surface area contributed by atoms with Crippen LogP contribution >= 0.6 is 0 Å². The Labute approximate surface area is 192 Å². The Morgan fingerprint density at radius 3 is 2.64 bits per heavy atom. The van der Waals surface area contributed by atoms with Gasteiger partial charge in [-0.1, -0.05) is 24.3 Å². The number of benzene rings is 2. The SMILES string of the molecule is CC(C)n1cc(-c2ccc(CNc3ccc(F)c(NC(=O)CCc4ccco4)c3)cc2)cn1. The number of aromatic nitrogens is 2. The molecule has 7 heteroatoms. The summed E-state index contributed by atoms with van der Waals surface area (Å²) in [5, 5.41) is 10.3. The van der Waals surface area contributed by atoms with Crippen LogP contribution in [0.5, 0.6) is 0 Å². The molecule has 2 heterocycles. The van der Waals surface area contributed by atoms with Crippen LogP contribution < -0.4 is 10.6 Å². The van der Waals surface area contributed by atoms with E-state index in [0.717, 1.165) is 28.1 Å². The van der Waals surface area contributed by atoms with Gasteiger partial charge in [-0.2, -0.15) is 5.10 Å². The summed E-state index contributed by atoms with van der Waals surface area (Å²) >= 11 is 0. The van der Waals surface area contributed by atoms with E-state index in [4.69, 9.17) is 4.42 Å². The predicted octanol–water partition coefficient (Wildman–Crippen LogP) is 6.05. The largest absolute Gasteiger partial charge is 0.469 e. The number of amides is 1. The van der Waals surface area contributed by atoms with E-state index in [1.165, 1.54) is 6.07 Å². The second-order valence-electron chi connectivity index (χ2n) is 8.18. The number of carbonyl (C=O) groups is 1. The third kappa shape index (κ3) is 5.88. The number of hydrogen-bond donors (Lipinski definition) is 2. The standard InChI is InChI=1S/C26H27FN4O2/c1-18(2)31-17-21(16-29-31)20-7-5-19(6-8-20)15-28-22-9-11-24(27)25(14-22)30-26(32)12-10-23-4-3-13-33-23/h3-9,11,13-14,16-18,28H,10,12,15H2,1-2H3,(H,30,32). The van der Waals surface area contributed by atoms with Crippen molar-refractivity contribution in [1.82, 2.24) is 9.78 Å². The number of hydrogen-bond acceptors (Lipinski definition) is 4. The molecule has 4 aromatic rings. The summed E-state index contributed by atoms with van der Waals surface area (Å²) < 4.78 is 21.4. The number of halogens is 1. The summed E-state index contributed by atoms with van der Waals surface area (Å²) in [5.41, 5.74) is 4.14. The van der Waals surface area contributed by atoms with Crippen LogP contribution in [0.2, 0.25) is 0 Å². The Morgan fingerprint density at radius 2 is 1.94 bits per heavy atom. The third-order valence-electron chi connectivity index (χ3n) is 5.33. The van der Waals surface area contributed by atoms with Crippen LogP contribution in [-0.4, -0.2) is 15.7 Å². The van der Waals surface area contributed by atoms with Crippen molar-refractivity contribution in [3.63, 3.8) is 0 Å². The number of rotatable bonds is 9. The second kappa shape index (κ2) is 10.2. The lowest BCUT2D eigenvalue weighted by Gasteiger charge is -2.11. The maximum absolute atomic E-state index is 14.2. The minimum Gasteiger partial charge on any atom is -0.469 e. The molecule has 2 N–H and O–H groups in total. The lowest BCUT2D eigenvalue weighted by molar-refractivity contribution is -0.116. The van der Waals surface area contributed by atoms with Gasteiger partial charge in [0, 0.05) is 42.9 Å². The van der Waals surface area contributed by atoms with E-state index in [1.807, 2.05) is 23.1 Å². The van der Waals surface area contributed by atoms with Crippen LogP contribution in [0.1, 0.15) is 37.6 Å². The number of aryl methyl sites for hydroxylation is 1. The first-order valence-corrected chi connectivity index (χ1v) is 11.0. The first-order chi connectivity index (χ1) is 16.0. The van der Waals surface area contributed by atoms with Crippen molar-refractivity contribution in [2.45, 2.75) is 39.3 Å². The molecule has 0 aliphatic carbocycles. The summed E-state index contributed by atoms with van der Waals surface area (Å²) in [6.07, 6.45) is 6.16. The zero-order valence-electron chi connectivity index (χ0n) is 18.7. The highest BCUT2D eigenvalue weighted by atomic mass is 19.1. The van der Waals surface area contributed by atoms with Crippen molar-refractivity contribution in [2.24, 2.45) is 0 Å². The van der Waals surface area contributed by atoms with E-state index < -0.39 is 5.82 Å². The van der Waals surface area contributed by atoms with Crippen LogP contribution in [0.25, 0.3) is 11.1 Å². The van der Waals surface area contributed by atoms with E-state index in [0.29, 0.717) is 19.0 Å². The van der Waals surface area contributed by atoms with Crippen LogP contribution in [0, 0.1) is 5.82 Å². The third-order valence-corrected chi connectivity index (χ3v) is 5.33. The Balaban J connectivity index is 1.33. The fraction of sp³-hybridized carbons (Fsp3) is 0.231. The first-order valence-electron chi connectivity index (χ1n) is 11.0. The number of nitrogens with one attached hydrogen (secondary N) is 2. The second-order valence-corrected chi connectivity index (χ2v) is 8.18. The molecule has 0 atom stereocenters. The molecule has 2 aromatic carbocycles. The molecule has 0 fully saturated rings. The molecule has 0 saturated heterocycles. The molecule has 2 aromatic heterocycles. The lowest BCUT2D eigenvalue weighted by atomic mass is 10.1. The van der Waals surface area contributed by atoms with Gasteiger partial charge < -0.3 is 15.1 Å². The van der Waals surface area contributed by atoms with Crippen LogP contribution in [0.15, 0.2) is 77.7 Å². The van der Waals surface area contributed by atoms with Crippen molar-refractivity contribution < 1.29 is 13.6 Å². The molecule has 4 rings (SSSR count). The first kappa shape index (κ1) is 22.3. The molecule has 0 spiro atoms. The van der Waals surface area contributed by atoms with Gasteiger partial charge in [-0.25, -0.2) is 4.39 Å². The van der Waals surface area contributed by atoms with Crippen molar-refractivity contribution in [3.05, 3.63) is 90.4 Å². The Kier molecular flexibility index (Phi) is 6.88. The number of nitrogens with zero attached hydrogens (tertiary/aromatic N) is 2. The maximum Gasteiger partial charge on any atom is 0.224 e. The molecule has 1 amide bonds. The van der Waals surface area contributed by atoms with E-state index >= 15 is 0 Å². The monoisotopic (exact) mass is 446 g/mol. The van der Waals surface area contributed by atoms with Gasteiger partial charge in [-0.05, 0) is 55.3 Å². The van der Waals surface area contributed by atoms with Gasteiger partial charge >= 0.3 is 0 Å². The van der Waals surface area contributed by atoms with Crippen molar-refractivity contribution in [1.29, 1.82) is 0 Å². The molecular weight excluding hydrogens is 419 g/mol. The Morgan fingerprint density at radius 1 is 1.12 bits per heavy atom. The smallest absolute Gasteiger partial charge is 0.224 e. The van der Waals surface area contributed by atoms with Crippen LogP contribution in [-0.2, 0) is 17.8 Å². The van der Waals surface area contributed by atoms with E-state index in [9.17, 15) is 9.18 Å². The zero-order valence-corrected chi connectivity index (χ0v) is 18.7. The molecule has 0 bridgehead atoms. The summed E-state index contributed by atoms with van der Waals surface area (Å²) in [6.45, 7) is 4.76. The van der Waals surface area contributed by atoms with Crippen molar-refractivity contribution in [3.8, 4) is 11.1 Å². The average Bonchev–Trinajstić information content (AvgIpc) is 3.51. The topological polar surface area (TPSA) is 72.1 Å². The number of furan rings is 1. The minimum absolute atomic E-state index is 0.155. The van der Waals surface area contributed by atoms with Crippen LogP contribution in [0.4, 0.5) is 15.8 Å². The average molecular weight is 447 g/mol. The maximum atomic E-state index is 14.2. The number of anilines is 2. The quantitative estimate of drug-likeness (QED) is 0.328. The van der Waals surface area contributed by atoms with E-state index in [-0.39, 0.29) is 18.0 Å². The molecule has 33 heavy (non-hydrogen) atoms. The van der Waals surface area contributed by atoms with Crippen molar-refractivity contribution >= 4 is 17.3 Å². The number of carbonyl (C=O) groups excluding carboxylic acids is 1. The molecule has 0 aliphatic heterocycles. The van der Waals surface area contributed by atoms with Gasteiger partial charge in [-0.3, -0.25) is 9.48 Å². The van der Waals surface area contributed by atoms with Gasteiger partial charge in [0.25, 0.3) is 0 Å². The molecular formula is C26H27FN4O2. The summed E-state index contributed by atoms with van der Waals surface area (Å²) in [4.78, 5) is 12.2. The van der Waals surface area contributed by atoms with Gasteiger partial charge in [0.2, 0.25) is 5.91 Å². The predicted molar refractivity (Wildman–Crippen MR) is 127 cm³/mol. The molecule has 170 valence electrons. The van der Waals surface area contributed by atoms with Gasteiger partial charge in [0.15, 0.2) is 0 Å². The summed E-state index contributed by atoms with van der Waals surface area (Å²) in [7, 11) is 0. The fourth-order valence-electron chi connectivity index (χ4n) is 3.42. The minimum atomic E-state index is -0.474. The fourth-order valence-corrected chi connectivity index (χ4v) is 3.42. The molecule has 0 saturated carbocycles. The van der Waals surface area contributed by atoms with Crippen LogP contribution in [0.3, 0.4) is 0 Å². The molecule has 0 radical (unpaired) electrons. The molecule has 0 unspecified atom stereocenters. The van der Waals surface area contributed by atoms with E-state index in [1.54, 1.807) is 24.5 Å². The normalized spacial score (nSPS) is 11.0. The van der Waals surface area contributed by atoms with Crippen molar-refractivity contribution in [2.75, 3.05) is 10.6 Å². The molecule has 0 aliphatic rings. The summed E-state index contributed by atoms with van der Waals surface area (Å²) in [6, 6.07) is 16.7.